The van der Waals surface area contributed by atoms with E-state index in [1.165, 1.54) is 0 Å². The normalized spacial score (nSPS) is 10.5. The van der Waals surface area contributed by atoms with Gasteiger partial charge in [-0.3, -0.25) is 4.79 Å². The minimum absolute atomic E-state index is 0.231. The van der Waals surface area contributed by atoms with Gasteiger partial charge in [0, 0.05) is 6.20 Å². The molecule has 78 valence electrons. The summed E-state index contributed by atoms with van der Waals surface area (Å²) in [6, 6.07) is 5.77. The highest BCUT2D eigenvalue weighted by molar-refractivity contribution is 5.75. The number of nitrogens with zero attached hydrogens (tertiary/aromatic N) is 2. The van der Waals surface area contributed by atoms with E-state index >= 15 is 0 Å². The van der Waals surface area contributed by atoms with Crippen LogP contribution in [0.1, 0.15) is 12.6 Å². The highest BCUT2D eigenvalue weighted by Gasteiger charge is 2.09. The summed E-state index contributed by atoms with van der Waals surface area (Å²) in [5, 5.41) is 0. The molecule has 0 N–H and O–H groups in total. The van der Waals surface area contributed by atoms with Crippen LogP contribution in [0.5, 0.6) is 0 Å². The fourth-order valence-corrected chi connectivity index (χ4v) is 1.48. The second kappa shape index (κ2) is 4.13. The van der Waals surface area contributed by atoms with Gasteiger partial charge in [0.2, 0.25) is 0 Å². The zero-order valence-corrected chi connectivity index (χ0v) is 8.51. The van der Waals surface area contributed by atoms with Gasteiger partial charge in [-0.05, 0) is 19.1 Å². The van der Waals surface area contributed by atoms with Crippen LogP contribution in [-0.4, -0.2) is 22.0 Å². The Kier molecular flexibility index (Phi) is 2.67. The van der Waals surface area contributed by atoms with Gasteiger partial charge in [-0.15, -0.1) is 0 Å². The van der Waals surface area contributed by atoms with Crippen molar-refractivity contribution in [2.75, 3.05) is 6.61 Å². The quantitative estimate of drug-likeness (QED) is 0.710. The highest BCUT2D eigenvalue weighted by Crippen LogP contribution is 2.09. The standard InChI is InChI=1S/C11H12N2O2/c1-2-15-11(14)7-9-10-5-3-4-6-13(10)8-12-9/h3-6,8H,2,7H2,1H3. The number of imidazole rings is 1. The van der Waals surface area contributed by atoms with Gasteiger partial charge in [0.1, 0.15) is 0 Å². The molecular formula is C11H12N2O2. The number of hydrogen-bond donors (Lipinski definition) is 0. The Bertz CT molecular complexity index is 476. The van der Waals surface area contributed by atoms with Gasteiger partial charge < -0.3 is 9.14 Å². The molecular weight excluding hydrogens is 192 g/mol. The summed E-state index contributed by atoms with van der Waals surface area (Å²) >= 11 is 0. The maximum atomic E-state index is 11.3. The van der Waals surface area contributed by atoms with Crippen molar-refractivity contribution in [1.82, 2.24) is 9.38 Å². The number of carbonyl (C=O) groups is 1. The van der Waals surface area contributed by atoms with Crippen molar-refractivity contribution in [2.45, 2.75) is 13.3 Å². The second-order valence-electron chi connectivity index (χ2n) is 3.17. The molecule has 4 nitrogen and oxygen atoms in total. The third-order valence-corrected chi connectivity index (χ3v) is 2.14. The number of hydrogen-bond acceptors (Lipinski definition) is 3. The van der Waals surface area contributed by atoms with Gasteiger partial charge in [0.15, 0.2) is 0 Å². The lowest BCUT2D eigenvalue weighted by molar-refractivity contribution is -0.142. The molecule has 2 aromatic rings. The second-order valence-corrected chi connectivity index (χ2v) is 3.17. The van der Waals surface area contributed by atoms with Crippen LogP contribution < -0.4 is 0 Å². The molecule has 0 aliphatic carbocycles. The molecule has 0 aliphatic rings. The van der Waals surface area contributed by atoms with E-state index in [0.29, 0.717) is 6.61 Å². The van der Waals surface area contributed by atoms with Crippen LogP contribution in [0.2, 0.25) is 0 Å². The smallest absolute Gasteiger partial charge is 0.311 e. The van der Waals surface area contributed by atoms with Gasteiger partial charge in [-0.25, -0.2) is 4.98 Å². The average molecular weight is 204 g/mol. The molecule has 2 heterocycles. The van der Waals surface area contributed by atoms with E-state index in [4.69, 9.17) is 4.74 Å². The van der Waals surface area contributed by atoms with Crippen LogP contribution >= 0.6 is 0 Å². The first kappa shape index (κ1) is 9.71. The van der Waals surface area contributed by atoms with Crippen molar-refractivity contribution in [3.05, 3.63) is 36.4 Å². The van der Waals surface area contributed by atoms with Gasteiger partial charge in [-0.1, -0.05) is 6.07 Å². The van der Waals surface area contributed by atoms with Crippen LogP contribution in [0, 0.1) is 0 Å². The fraction of sp³-hybridized carbons (Fsp3) is 0.273. The lowest BCUT2D eigenvalue weighted by atomic mass is 10.2. The van der Waals surface area contributed by atoms with Crippen LogP contribution in [0.4, 0.5) is 0 Å². The molecule has 0 atom stereocenters. The molecule has 2 aromatic heterocycles. The summed E-state index contributed by atoms with van der Waals surface area (Å²) in [5.74, 6) is -0.234. The van der Waals surface area contributed by atoms with E-state index in [1.54, 1.807) is 13.3 Å². The van der Waals surface area contributed by atoms with E-state index in [-0.39, 0.29) is 12.4 Å². The largest absolute Gasteiger partial charge is 0.466 e. The number of ether oxygens (including phenoxy) is 1. The van der Waals surface area contributed by atoms with Crippen LogP contribution in [0.3, 0.4) is 0 Å². The van der Waals surface area contributed by atoms with Crippen molar-refractivity contribution < 1.29 is 9.53 Å². The van der Waals surface area contributed by atoms with Gasteiger partial charge in [-0.2, -0.15) is 0 Å². The molecule has 4 heteroatoms. The maximum absolute atomic E-state index is 11.3. The lowest BCUT2D eigenvalue weighted by Crippen LogP contribution is -2.07. The van der Waals surface area contributed by atoms with Gasteiger partial charge in [0.05, 0.1) is 30.6 Å². The molecule has 0 radical (unpaired) electrons. The Labute approximate surface area is 87.5 Å². The number of aromatic nitrogens is 2. The summed E-state index contributed by atoms with van der Waals surface area (Å²) < 4.78 is 6.76. The molecule has 2 rings (SSSR count). The SMILES string of the molecule is CCOC(=O)Cc1ncn2ccccc12. The summed E-state index contributed by atoms with van der Waals surface area (Å²) in [6.45, 7) is 2.20. The van der Waals surface area contributed by atoms with Crippen molar-refractivity contribution in [3.63, 3.8) is 0 Å². The topological polar surface area (TPSA) is 43.6 Å². The maximum Gasteiger partial charge on any atom is 0.311 e. The summed E-state index contributed by atoms with van der Waals surface area (Å²) in [6.07, 6.45) is 3.83. The molecule has 0 amide bonds. The number of pyridine rings is 1. The van der Waals surface area contributed by atoms with Gasteiger partial charge in [0.25, 0.3) is 0 Å². The molecule has 0 fully saturated rings. The third kappa shape index (κ3) is 1.98. The third-order valence-electron chi connectivity index (χ3n) is 2.14. The fourth-order valence-electron chi connectivity index (χ4n) is 1.48. The molecule has 0 aromatic carbocycles. The first-order chi connectivity index (χ1) is 7.31. The Balaban J connectivity index is 2.25. The number of esters is 1. The van der Waals surface area contributed by atoms with Crippen molar-refractivity contribution in [2.24, 2.45) is 0 Å². The zero-order chi connectivity index (χ0) is 10.7. The van der Waals surface area contributed by atoms with Crippen LogP contribution in [0.25, 0.3) is 5.52 Å². The van der Waals surface area contributed by atoms with E-state index in [2.05, 4.69) is 4.98 Å². The summed E-state index contributed by atoms with van der Waals surface area (Å²) in [4.78, 5) is 15.5. The Morgan fingerprint density at radius 3 is 3.20 bits per heavy atom. The molecule has 15 heavy (non-hydrogen) atoms. The van der Waals surface area contributed by atoms with Crippen molar-refractivity contribution >= 4 is 11.5 Å². The Morgan fingerprint density at radius 1 is 1.53 bits per heavy atom. The van der Waals surface area contributed by atoms with Crippen LogP contribution in [-0.2, 0) is 16.0 Å². The monoisotopic (exact) mass is 204 g/mol. The molecule has 0 saturated carbocycles. The predicted octanol–water partition coefficient (Wildman–Crippen LogP) is 1.44. The Hall–Kier alpha value is -1.84. The number of fused-ring (bicyclic) bond motifs is 1. The summed E-state index contributed by atoms with van der Waals surface area (Å²) in [7, 11) is 0. The van der Waals surface area contributed by atoms with E-state index < -0.39 is 0 Å². The molecule has 0 spiro atoms. The molecule has 0 unspecified atom stereocenters. The van der Waals surface area contributed by atoms with E-state index in [0.717, 1.165) is 11.2 Å². The average Bonchev–Trinajstić information content (AvgIpc) is 2.62. The first-order valence-electron chi connectivity index (χ1n) is 4.87. The minimum Gasteiger partial charge on any atom is -0.466 e. The highest BCUT2D eigenvalue weighted by atomic mass is 16.5. The summed E-state index contributed by atoms with van der Waals surface area (Å²) in [5.41, 5.74) is 1.71. The van der Waals surface area contributed by atoms with Crippen LogP contribution in [0.15, 0.2) is 30.7 Å². The number of rotatable bonds is 3. The van der Waals surface area contributed by atoms with E-state index in [1.807, 2.05) is 28.8 Å². The van der Waals surface area contributed by atoms with Crippen molar-refractivity contribution in [1.29, 1.82) is 0 Å². The van der Waals surface area contributed by atoms with Crippen molar-refractivity contribution in [3.8, 4) is 0 Å². The number of carbonyl (C=O) groups excluding carboxylic acids is 1. The zero-order valence-electron chi connectivity index (χ0n) is 8.51. The Morgan fingerprint density at radius 2 is 2.40 bits per heavy atom. The molecule has 0 bridgehead atoms. The minimum atomic E-state index is -0.234. The predicted molar refractivity (Wildman–Crippen MR) is 55.5 cm³/mol. The molecule has 0 saturated heterocycles. The lowest BCUT2D eigenvalue weighted by Gasteiger charge is -1.99. The van der Waals surface area contributed by atoms with E-state index in [9.17, 15) is 4.79 Å². The van der Waals surface area contributed by atoms with Gasteiger partial charge >= 0.3 is 5.97 Å². The molecule has 0 aliphatic heterocycles. The first-order valence-corrected chi connectivity index (χ1v) is 4.87.